The Kier molecular flexibility index (Phi) is 3.78. The summed E-state index contributed by atoms with van der Waals surface area (Å²) in [6.45, 7) is 0. The van der Waals surface area contributed by atoms with Gasteiger partial charge in [-0.2, -0.15) is 10.4 Å². The molecule has 24 heavy (non-hydrogen) atoms. The highest BCUT2D eigenvalue weighted by molar-refractivity contribution is 7.92. The molecule has 0 unspecified atom stereocenters. The van der Waals surface area contributed by atoms with Crippen LogP contribution in [0.4, 0.5) is 8.78 Å². The van der Waals surface area contributed by atoms with Gasteiger partial charge in [-0.1, -0.05) is 0 Å². The lowest BCUT2D eigenvalue weighted by molar-refractivity contribution is -0.122. The number of halogens is 2. The summed E-state index contributed by atoms with van der Waals surface area (Å²) in [5.74, 6) is -3.39. The van der Waals surface area contributed by atoms with E-state index in [1.54, 1.807) is 7.05 Å². The van der Waals surface area contributed by atoms with Gasteiger partial charge in [0.2, 0.25) is 0 Å². The minimum Gasteiger partial charge on any atom is -0.382 e. The maximum absolute atomic E-state index is 13.9. The molecule has 2 heterocycles. The van der Waals surface area contributed by atoms with Crippen LogP contribution in [0.5, 0.6) is 0 Å². The van der Waals surface area contributed by atoms with Crippen LogP contribution in [0.3, 0.4) is 0 Å². The first-order valence-corrected chi connectivity index (χ1v) is 9.62. The van der Waals surface area contributed by atoms with Gasteiger partial charge in [0.1, 0.15) is 16.4 Å². The number of aliphatic hydroxyl groups is 1. The van der Waals surface area contributed by atoms with E-state index >= 15 is 0 Å². The molecule has 1 aliphatic rings. The summed E-state index contributed by atoms with van der Waals surface area (Å²) in [4.78, 5) is 0.393. The van der Waals surface area contributed by atoms with Crippen molar-refractivity contribution in [3.63, 3.8) is 0 Å². The van der Waals surface area contributed by atoms with Gasteiger partial charge in [0.15, 0.2) is 15.5 Å². The molecule has 2 aromatic rings. The minimum atomic E-state index is -3.81. The molecule has 1 N–H and O–H groups in total. The first-order valence-electron chi connectivity index (χ1n) is 6.92. The van der Waals surface area contributed by atoms with Crippen molar-refractivity contribution in [2.75, 3.05) is 6.26 Å². The van der Waals surface area contributed by atoms with Gasteiger partial charge < -0.3 is 5.11 Å². The van der Waals surface area contributed by atoms with Crippen molar-refractivity contribution in [3.05, 3.63) is 23.0 Å². The summed E-state index contributed by atoms with van der Waals surface area (Å²) < 4.78 is 53.0. The van der Waals surface area contributed by atoms with Gasteiger partial charge in [-0.3, -0.25) is 4.68 Å². The van der Waals surface area contributed by atoms with E-state index in [0.717, 1.165) is 17.6 Å². The number of rotatable bonds is 2. The molecule has 3 rings (SSSR count). The minimum absolute atomic E-state index is 0.0772. The molecule has 0 aromatic carbocycles. The summed E-state index contributed by atoms with van der Waals surface area (Å²) in [7, 11) is -2.21. The number of nitrogens with zero attached hydrogens (tertiary/aromatic N) is 3. The molecule has 128 valence electrons. The van der Waals surface area contributed by atoms with E-state index < -0.39 is 28.3 Å². The number of aliphatic hydroxyl groups excluding tert-OH is 1. The van der Waals surface area contributed by atoms with Gasteiger partial charge >= 0.3 is 0 Å². The third kappa shape index (κ3) is 2.53. The van der Waals surface area contributed by atoms with Crippen molar-refractivity contribution in [2.45, 2.75) is 29.1 Å². The summed E-state index contributed by atoms with van der Waals surface area (Å²) in [5.41, 5.74) is 0.562. The van der Waals surface area contributed by atoms with E-state index in [2.05, 4.69) is 5.10 Å². The first kappa shape index (κ1) is 17.0. The van der Waals surface area contributed by atoms with Crippen molar-refractivity contribution < 1.29 is 22.3 Å². The predicted molar refractivity (Wildman–Crippen MR) is 82.6 cm³/mol. The predicted octanol–water partition coefficient (Wildman–Crippen LogP) is 2.04. The molecule has 0 spiro atoms. The Bertz CT molecular complexity index is 970. The molecule has 2 aromatic heterocycles. The maximum atomic E-state index is 13.9. The molecule has 1 aliphatic carbocycles. The number of thiophene rings is 1. The van der Waals surface area contributed by atoms with Crippen molar-refractivity contribution >= 4 is 21.2 Å². The van der Waals surface area contributed by atoms with Gasteiger partial charge in [-0.15, -0.1) is 11.3 Å². The number of hydrogen-bond acceptors (Lipinski definition) is 6. The van der Waals surface area contributed by atoms with Crippen LogP contribution < -0.4 is 0 Å². The van der Waals surface area contributed by atoms with Gasteiger partial charge in [-0.05, 0) is 12.0 Å². The highest BCUT2D eigenvalue weighted by Crippen LogP contribution is 2.51. The van der Waals surface area contributed by atoms with E-state index in [4.69, 9.17) is 0 Å². The summed E-state index contributed by atoms with van der Waals surface area (Å²) in [6, 6.07) is 1.91. The molecule has 10 heteroatoms. The van der Waals surface area contributed by atoms with E-state index in [1.165, 1.54) is 10.9 Å². The Balaban J connectivity index is 2.34. The Hall–Kier alpha value is -1.83. The lowest BCUT2D eigenvalue weighted by atomic mass is 9.87. The van der Waals surface area contributed by atoms with Crippen LogP contribution in [0.25, 0.3) is 10.4 Å². The topological polar surface area (TPSA) is 96.0 Å². The largest absolute Gasteiger partial charge is 0.382 e. The number of nitriles is 1. The van der Waals surface area contributed by atoms with Crippen molar-refractivity contribution in [1.29, 1.82) is 5.26 Å². The molecule has 0 saturated heterocycles. The second-order valence-corrected chi connectivity index (χ2v) is 8.96. The Labute approximate surface area is 140 Å². The van der Waals surface area contributed by atoms with Gasteiger partial charge in [0.05, 0.1) is 0 Å². The maximum Gasteiger partial charge on any atom is 0.277 e. The van der Waals surface area contributed by atoms with Gasteiger partial charge in [0.25, 0.3) is 5.92 Å². The summed E-state index contributed by atoms with van der Waals surface area (Å²) >= 11 is 0.797. The third-order valence-corrected chi connectivity index (χ3v) is 7.04. The number of aryl methyl sites for hydroxylation is 1. The number of sulfone groups is 1. The highest BCUT2D eigenvalue weighted by atomic mass is 32.2. The molecular formula is C14H13F2N3O3S2. The number of hydrogen-bond donors (Lipinski definition) is 1. The third-order valence-electron chi connectivity index (χ3n) is 3.91. The molecular weight excluding hydrogens is 360 g/mol. The first-order chi connectivity index (χ1) is 11.1. The van der Waals surface area contributed by atoms with Crippen LogP contribution in [0, 0.1) is 11.3 Å². The van der Waals surface area contributed by atoms with E-state index in [9.17, 15) is 27.6 Å². The van der Waals surface area contributed by atoms with Crippen LogP contribution in [0.2, 0.25) is 0 Å². The van der Waals surface area contributed by atoms with E-state index in [1.807, 2.05) is 6.07 Å². The molecule has 0 saturated carbocycles. The van der Waals surface area contributed by atoms with Gasteiger partial charge in [-0.25, -0.2) is 17.2 Å². The summed E-state index contributed by atoms with van der Waals surface area (Å²) in [5, 5.41) is 23.2. The monoisotopic (exact) mass is 373 g/mol. The Morgan fingerprint density at radius 3 is 2.79 bits per heavy atom. The zero-order valence-corrected chi connectivity index (χ0v) is 14.4. The standard InChI is InChI=1S/C14H13F2N3O3S2/c1-19-6-8(9(5-17)18-19)11-7-3-4-14(15,16)12(20)10(7)13(23-11)24(2,21)22/h6,12,20H,3-4H2,1-2H3/t12-/m0/s1. The number of alkyl halides is 2. The average Bonchev–Trinajstić information content (AvgIpc) is 3.03. The number of aromatic nitrogens is 2. The highest BCUT2D eigenvalue weighted by Gasteiger charge is 2.47. The average molecular weight is 373 g/mol. The quantitative estimate of drug-likeness (QED) is 0.869. The zero-order valence-electron chi connectivity index (χ0n) is 12.7. The van der Waals surface area contributed by atoms with Crippen LogP contribution in [0.15, 0.2) is 10.4 Å². The van der Waals surface area contributed by atoms with Crippen molar-refractivity contribution in [1.82, 2.24) is 9.78 Å². The normalized spacial score (nSPS) is 19.8. The summed E-state index contributed by atoms with van der Waals surface area (Å²) in [6.07, 6.45) is -0.401. The second-order valence-electron chi connectivity index (χ2n) is 5.72. The molecule has 0 amide bonds. The molecule has 1 atom stereocenters. The lowest BCUT2D eigenvalue weighted by Crippen LogP contribution is -2.32. The van der Waals surface area contributed by atoms with Crippen LogP contribution in [-0.2, 0) is 23.3 Å². The SMILES string of the molecule is Cn1cc(-c2sc(S(C)(=O)=O)c3c2CCC(F)(F)[C@H]3O)c(C#N)n1. The fourth-order valence-corrected chi connectivity index (χ4v) is 5.46. The Morgan fingerprint density at radius 1 is 1.54 bits per heavy atom. The zero-order chi connectivity index (χ0) is 17.9. The number of fused-ring (bicyclic) bond motifs is 1. The smallest absolute Gasteiger partial charge is 0.277 e. The van der Waals surface area contributed by atoms with E-state index in [-0.39, 0.29) is 21.9 Å². The second kappa shape index (κ2) is 5.34. The van der Waals surface area contributed by atoms with Crippen LogP contribution >= 0.6 is 11.3 Å². The van der Waals surface area contributed by atoms with Gasteiger partial charge in [0, 0.05) is 41.9 Å². The molecule has 0 bridgehead atoms. The molecule has 0 fully saturated rings. The van der Waals surface area contributed by atoms with Crippen molar-refractivity contribution in [2.24, 2.45) is 7.05 Å². The Morgan fingerprint density at radius 2 is 2.21 bits per heavy atom. The van der Waals surface area contributed by atoms with Crippen LogP contribution in [-0.4, -0.2) is 35.5 Å². The molecule has 6 nitrogen and oxygen atoms in total. The lowest BCUT2D eigenvalue weighted by Gasteiger charge is -2.28. The molecule has 0 aliphatic heterocycles. The van der Waals surface area contributed by atoms with E-state index in [0.29, 0.717) is 16.0 Å². The fraction of sp³-hybridized carbons (Fsp3) is 0.429. The molecule has 0 radical (unpaired) electrons. The fourth-order valence-electron chi connectivity index (χ4n) is 2.85. The van der Waals surface area contributed by atoms with Crippen molar-refractivity contribution in [3.8, 4) is 16.5 Å². The van der Waals surface area contributed by atoms with Crippen LogP contribution in [0.1, 0.15) is 29.3 Å².